The predicted molar refractivity (Wildman–Crippen MR) is 79.2 cm³/mol. The summed E-state index contributed by atoms with van der Waals surface area (Å²) in [6, 6.07) is 10.6. The number of piperidine rings is 1. The molecule has 0 bridgehead atoms. The first-order chi connectivity index (χ1) is 9.29. The van der Waals surface area contributed by atoms with E-state index in [4.69, 9.17) is 0 Å². The molecule has 1 aliphatic rings. The average Bonchev–Trinajstić information content (AvgIpc) is 2.46. The van der Waals surface area contributed by atoms with Crippen molar-refractivity contribution in [2.45, 2.75) is 39.0 Å². The molecule has 1 saturated heterocycles. The molecular weight excluding hydrogens is 234 g/mol. The Morgan fingerprint density at radius 3 is 2.79 bits per heavy atom. The third-order valence-corrected chi connectivity index (χ3v) is 4.07. The molecule has 0 aliphatic carbocycles. The van der Waals surface area contributed by atoms with E-state index in [9.17, 15) is 4.79 Å². The van der Waals surface area contributed by atoms with Crippen molar-refractivity contribution in [3.05, 3.63) is 35.9 Å². The van der Waals surface area contributed by atoms with Gasteiger partial charge in [0.25, 0.3) is 0 Å². The van der Waals surface area contributed by atoms with Gasteiger partial charge < -0.3 is 4.90 Å². The van der Waals surface area contributed by atoms with Crippen LogP contribution in [-0.4, -0.2) is 30.3 Å². The number of carbonyl (C=O) groups excluding carboxylic acids is 1. The smallest absolute Gasteiger partial charge is 0.138 e. The molecule has 1 heterocycles. The number of rotatable bonds is 6. The van der Waals surface area contributed by atoms with E-state index in [1.165, 1.54) is 18.4 Å². The third kappa shape index (κ3) is 4.46. The maximum Gasteiger partial charge on any atom is 0.138 e. The lowest BCUT2D eigenvalue weighted by Gasteiger charge is -2.31. The average molecular weight is 259 g/mol. The van der Waals surface area contributed by atoms with Crippen molar-refractivity contribution in [2.75, 3.05) is 19.6 Å². The van der Waals surface area contributed by atoms with Crippen LogP contribution in [0.15, 0.2) is 30.3 Å². The van der Waals surface area contributed by atoms with Crippen molar-refractivity contribution < 1.29 is 4.79 Å². The van der Waals surface area contributed by atoms with Gasteiger partial charge in [-0.05, 0) is 18.4 Å². The number of likely N-dealkylation sites (tertiary alicyclic amines) is 1. The first-order valence-corrected chi connectivity index (χ1v) is 7.58. The number of carbonyl (C=O) groups is 1. The molecule has 104 valence electrons. The summed E-state index contributed by atoms with van der Waals surface area (Å²) in [5, 5.41) is 0. The van der Waals surface area contributed by atoms with Crippen molar-refractivity contribution in [3.8, 4) is 0 Å². The summed E-state index contributed by atoms with van der Waals surface area (Å²) < 4.78 is 0. The highest BCUT2D eigenvalue weighted by Crippen LogP contribution is 2.19. The zero-order valence-electron chi connectivity index (χ0n) is 12.0. The van der Waals surface area contributed by atoms with Crippen LogP contribution < -0.4 is 0 Å². The molecule has 1 fully saturated rings. The number of benzene rings is 1. The van der Waals surface area contributed by atoms with Crippen LogP contribution in [-0.2, 0) is 11.2 Å². The van der Waals surface area contributed by atoms with Gasteiger partial charge in [-0.1, -0.05) is 50.1 Å². The van der Waals surface area contributed by atoms with E-state index in [0.29, 0.717) is 11.7 Å². The van der Waals surface area contributed by atoms with Crippen LogP contribution in [0, 0.1) is 5.92 Å². The second-order valence-corrected chi connectivity index (χ2v) is 5.59. The molecule has 1 atom stereocenters. The van der Waals surface area contributed by atoms with Gasteiger partial charge in [-0.2, -0.15) is 0 Å². The highest BCUT2D eigenvalue weighted by atomic mass is 16.1. The van der Waals surface area contributed by atoms with E-state index >= 15 is 0 Å². The van der Waals surface area contributed by atoms with Gasteiger partial charge in [0.2, 0.25) is 0 Å². The van der Waals surface area contributed by atoms with E-state index in [-0.39, 0.29) is 0 Å². The van der Waals surface area contributed by atoms with Crippen molar-refractivity contribution in [3.63, 3.8) is 0 Å². The van der Waals surface area contributed by atoms with Gasteiger partial charge in [-0.15, -0.1) is 0 Å². The molecule has 0 N–H and O–H groups in total. The minimum atomic E-state index is 0.296. The summed E-state index contributed by atoms with van der Waals surface area (Å²) in [5.74, 6) is 0.786. The Hall–Kier alpha value is -1.15. The number of ketones is 1. The van der Waals surface area contributed by atoms with Crippen molar-refractivity contribution in [1.82, 2.24) is 4.90 Å². The van der Waals surface area contributed by atoms with E-state index in [1.54, 1.807) is 0 Å². The lowest BCUT2D eigenvalue weighted by atomic mass is 9.91. The fraction of sp³-hybridized carbons (Fsp3) is 0.588. The lowest BCUT2D eigenvalue weighted by Crippen LogP contribution is -2.41. The van der Waals surface area contributed by atoms with Crippen LogP contribution in [0.2, 0.25) is 0 Å². The molecule has 2 rings (SSSR count). The molecule has 0 amide bonds. The fourth-order valence-electron chi connectivity index (χ4n) is 2.81. The first kappa shape index (κ1) is 14.3. The van der Waals surface area contributed by atoms with Gasteiger partial charge in [0.05, 0.1) is 0 Å². The molecule has 0 aromatic heterocycles. The van der Waals surface area contributed by atoms with E-state index < -0.39 is 0 Å². The van der Waals surface area contributed by atoms with Crippen molar-refractivity contribution >= 4 is 5.78 Å². The van der Waals surface area contributed by atoms with Crippen LogP contribution in [0.4, 0.5) is 0 Å². The second-order valence-electron chi connectivity index (χ2n) is 5.59. The first-order valence-electron chi connectivity index (χ1n) is 7.58. The van der Waals surface area contributed by atoms with Gasteiger partial charge >= 0.3 is 0 Å². The van der Waals surface area contributed by atoms with Gasteiger partial charge in [0.1, 0.15) is 5.78 Å². The molecular formula is C17H25NO. The van der Waals surface area contributed by atoms with Gasteiger partial charge in [0.15, 0.2) is 0 Å². The largest absolute Gasteiger partial charge is 0.302 e. The van der Waals surface area contributed by atoms with Crippen LogP contribution >= 0.6 is 0 Å². The lowest BCUT2D eigenvalue weighted by molar-refractivity contribution is -0.126. The molecule has 1 aliphatic heterocycles. The minimum absolute atomic E-state index is 0.296. The zero-order chi connectivity index (χ0) is 13.5. The Balaban J connectivity index is 1.79. The Kier molecular flexibility index (Phi) is 5.59. The number of unbranched alkanes of at least 4 members (excludes halogenated alkanes) is 1. The second kappa shape index (κ2) is 7.44. The van der Waals surface area contributed by atoms with Crippen LogP contribution in [0.25, 0.3) is 0 Å². The van der Waals surface area contributed by atoms with Crippen LogP contribution in [0.5, 0.6) is 0 Å². The van der Waals surface area contributed by atoms with Crippen LogP contribution in [0.1, 0.15) is 38.2 Å². The fourth-order valence-corrected chi connectivity index (χ4v) is 2.81. The third-order valence-electron chi connectivity index (χ3n) is 4.07. The SMILES string of the molecule is CCCCC1CN(CCc2ccccc2)CCC1=O. The molecule has 1 aromatic carbocycles. The van der Waals surface area contributed by atoms with Gasteiger partial charge in [0, 0.05) is 32.0 Å². The van der Waals surface area contributed by atoms with Crippen LogP contribution in [0.3, 0.4) is 0 Å². The van der Waals surface area contributed by atoms with E-state index in [2.05, 4.69) is 42.2 Å². The highest BCUT2D eigenvalue weighted by Gasteiger charge is 2.26. The van der Waals surface area contributed by atoms with E-state index in [1.807, 2.05) is 0 Å². The number of hydrogen-bond acceptors (Lipinski definition) is 2. The standard InChI is InChI=1S/C17H25NO/c1-2-3-9-16-14-18(13-11-17(16)19)12-10-15-7-5-4-6-8-15/h4-8,16H,2-3,9-14H2,1H3. The monoisotopic (exact) mass is 259 g/mol. The molecule has 0 radical (unpaired) electrons. The molecule has 1 aromatic rings. The summed E-state index contributed by atoms with van der Waals surface area (Å²) in [5.41, 5.74) is 1.39. The number of hydrogen-bond donors (Lipinski definition) is 0. The predicted octanol–water partition coefficient (Wildman–Crippen LogP) is 3.31. The summed E-state index contributed by atoms with van der Waals surface area (Å²) in [6.45, 7) is 5.21. The van der Waals surface area contributed by atoms with Gasteiger partial charge in [-0.3, -0.25) is 4.79 Å². The Morgan fingerprint density at radius 2 is 2.05 bits per heavy atom. The molecule has 2 heteroatoms. The number of Topliss-reactive ketones (excluding diaryl/α,β-unsaturated/α-hetero) is 1. The quantitative estimate of drug-likeness (QED) is 0.781. The molecule has 0 saturated carbocycles. The van der Waals surface area contributed by atoms with E-state index in [0.717, 1.165) is 38.9 Å². The van der Waals surface area contributed by atoms with Gasteiger partial charge in [-0.25, -0.2) is 0 Å². The maximum atomic E-state index is 11.9. The Bertz CT molecular complexity index is 388. The maximum absolute atomic E-state index is 11.9. The molecule has 19 heavy (non-hydrogen) atoms. The summed E-state index contributed by atoms with van der Waals surface area (Å²) in [6.07, 6.45) is 5.30. The number of nitrogens with zero attached hydrogens (tertiary/aromatic N) is 1. The van der Waals surface area contributed by atoms with Crippen molar-refractivity contribution in [1.29, 1.82) is 0 Å². The minimum Gasteiger partial charge on any atom is -0.302 e. The Labute approximate surface area is 116 Å². The topological polar surface area (TPSA) is 20.3 Å². The normalized spacial score (nSPS) is 20.7. The summed E-state index contributed by atoms with van der Waals surface area (Å²) in [7, 11) is 0. The molecule has 2 nitrogen and oxygen atoms in total. The zero-order valence-corrected chi connectivity index (χ0v) is 12.0. The summed E-state index contributed by atoms with van der Waals surface area (Å²) >= 11 is 0. The Morgan fingerprint density at radius 1 is 1.26 bits per heavy atom. The molecule has 0 spiro atoms. The molecule has 1 unspecified atom stereocenters. The van der Waals surface area contributed by atoms with Crippen molar-refractivity contribution in [2.24, 2.45) is 5.92 Å². The highest BCUT2D eigenvalue weighted by molar-refractivity contribution is 5.82. The summed E-state index contributed by atoms with van der Waals surface area (Å²) in [4.78, 5) is 14.4.